The summed E-state index contributed by atoms with van der Waals surface area (Å²) in [5.41, 5.74) is 0.373. The summed E-state index contributed by atoms with van der Waals surface area (Å²) in [6.07, 6.45) is -0.984. The first-order chi connectivity index (χ1) is 9.41. The van der Waals surface area contributed by atoms with Crippen LogP contribution in [-0.4, -0.2) is 39.5 Å². The van der Waals surface area contributed by atoms with Crippen molar-refractivity contribution in [1.82, 2.24) is 5.32 Å². The Bertz CT molecular complexity index is 439. The fourth-order valence-corrected chi connectivity index (χ4v) is 1.36. The van der Waals surface area contributed by atoms with Crippen molar-refractivity contribution < 1.29 is 19.9 Å². The van der Waals surface area contributed by atoms with Gasteiger partial charge in [0.25, 0.3) is 11.6 Å². The second kappa shape index (κ2) is 9.49. The summed E-state index contributed by atoms with van der Waals surface area (Å²) in [5, 5.41) is 29.5. The number of hydrogen-bond donors (Lipinski definition) is 3. The van der Waals surface area contributed by atoms with Gasteiger partial charge in [-0.3, -0.25) is 14.9 Å². The average molecular weight is 325 g/mol. The van der Waals surface area contributed by atoms with Gasteiger partial charge in [-0.25, -0.2) is 0 Å². The van der Waals surface area contributed by atoms with Crippen molar-refractivity contribution in [3.63, 3.8) is 0 Å². The van der Waals surface area contributed by atoms with E-state index in [-0.39, 0.29) is 12.2 Å². The van der Waals surface area contributed by atoms with Gasteiger partial charge in [0.1, 0.15) is 0 Å². The maximum Gasteiger partial charge on any atom is 0.269 e. The summed E-state index contributed by atoms with van der Waals surface area (Å²) in [4.78, 5) is 19.7. The van der Waals surface area contributed by atoms with Crippen LogP contribution in [0.25, 0.3) is 0 Å². The third-order valence-corrected chi connectivity index (χ3v) is 2.55. The minimum atomic E-state index is -1.20. The molecule has 0 bridgehead atoms. The smallest absolute Gasteiger partial charge is 0.269 e. The topological polar surface area (TPSA) is 113 Å². The Hall–Kier alpha value is -1.41. The van der Waals surface area contributed by atoms with Crippen LogP contribution in [0.15, 0.2) is 24.3 Å². The van der Waals surface area contributed by atoms with Crippen molar-refractivity contribution in [2.24, 2.45) is 0 Å². The van der Waals surface area contributed by atoms with Crippen LogP contribution in [-0.2, 0) is 4.79 Å². The van der Waals surface area contributed by atoms with E-state index in [1.54, 1.807) is 0 Å². The molecule has 1 unspecified atom stereocenters. The van der Waals surface area contributed by atoms with Crippen molar-refractivity contribution in [3.05, 3.63) is 39.9 Å². The normalized spacial score (nSPS) is 11.3. The lowest BCUT2D eigenvalue weighted by Crippen LogP contribution is -2.32. The Balaban J connectivity index is 0.00000172. The molecule has 0 aliphatic rings. The molecule has 112 valence electrons. The number of alkyl halides is 2. The van der Waals surface area contributed by atoms with Gasteiger partial charge in [0, 0.05) is 25.8 Å². The molecule has 1 atom stereocenters. The number of rotatable bonds is 5. The van der Waals surface area contributed by atoms with E-state index in [2.05, 4.69) is 5.32 Å². The lowest BCUT2D eigenvalue weighted by molar-refractivity contribution is -0.384. The largest absolute Gasteiger partial charge is 0.400 e. The van der Waals surface area contributed by atoms with Gasteiger partial charge in [-0.05, 0) is 17.7 Å². The number of carbonyl (C=O) groups is 1. The summed E-state index contributed by atoms with van der Waals surface area (Å²) >= 11 is 10.6. The highest BCUT2D eigenvalue weighted by molar-refractivity contribution is 6.53. The van der Waals surface area contributed by atoms with Crippen molar-refractivity contribution in [1.29, 1.82) is 0 Å². The second-order valence-electron chi connectivity index (χ2n) is 3.41. The molecule has 1 aromatic carbocycles. The maximum atomic E-state index is 11.0. The van der Waals surface area contributed by atoms with Crippen LogP contribution in [0.5, 0.6) is 0 Å². The SMILES string of the molecule is CO.O=C(NCC(O)c1ccc([N+](=O)[O-])cc1)C(Cl)Cl. The van der Waals surface area contributed by atoms with Gasteiger partial charge < -0.3 is 15.5 Å². The standard InChI is InChI=1S/C10H10Cl2N2O4.CH4O/c11-9(12)10(16)13-5-8(15)6-1-3-7(4-2-6)14(17)18;1-2/h1-4,8-9,15H,5H2,(H,13,16);2H,1H3. The number of carbonyl (C=O) groups excluding carboxylic acids is 1. The predicted octanol–water partition coefficient (Wildman–Crippen LogP) is 1.16. The molecule has 0 aliphatic carbocycles. The van der Waals surface area contributed by atoms with E-state index < -0.39 is 21.8 Å². The van der Waals surface area contributed by atoms with Crippen molar-refractivity contribution in [2.75, 3.05) is 13.7 Å². The highest BCUT2D eigenvalue weighted by atomic mass is 35.5. The molecule has 0 radical (unpaired) electrons. The average Bonchev–Trinajstić information content (AvgIpc) is 2.46. The van der Waals surface area contributed by atoms with E-state index in [0.29, 0.717) is 5.56 Å². The van der Waals surface area contributed by atoms with Crippen LogP contribution in [0.4, 0.5) is 5.69 Å². The van der Waals surface area contributed by atoms with Crippen LogP contribution < -0.4 is 5.32 Å². The summed E-state index contributed by atoms with van der Waals surface area (Å²) in [7, 11) is 1.00. The minimum Gasteiger partial charge on any atom is -0.400 e. The highest BCUT2D eigenvalue weighted by Gasteiger charge is 2.14. The Morgan fingerprint density at radius 3 is 2.25 bits per heavy atom. The summed E-state index contributed by atoms with van der Waals surface area (Å²) in [6.45, 7) is -0.0768. The monoisotopic (exact) mass is 324 g/mol. The lowest BCUT2D eigenvalue weighted by atomic mass is 10.1. The number of aliphatic hydroxyl groups excluding tert-OH is 2. The first-order valence-electron chi connectivity index (χ1n) is 5.35. The van der Waals surface area contributed by atoms with E-state index in [9.17, 15) is 20.0 Å². The van der Waals surface area contributed by atoms with Crippen LogP contribution in [0.2, 0.25) is 0 Å². The number of amides is 1. The number of non-ortho nitro benzene ring substituents is 1. The number of nitro benzene ring substituents is 1. The van der Waals surface area contributed by atoms with E-state index in [0.717, 1.165) is 7.11 Å². The highest BCUT2D eigenvalue weighted by Crippen LogP contribution is 2.17. The number of aliphatic hydroxyl groups is 2. The predicted molar refractivity (Wildman–Crippen MR) is 74.7 cm³/mol. The Labute approximate surface area is 125 Å². The first kappa shape index (κ1) is 18.6. The molecule has 1 amide bonds. The molecule has 0 aromatic heterocycles. The molecule has 9 heteroatoms. The molecule has 0 aliphatic heterocycles. The Morgan fingerprint density at radius 2 is 1.85 bits per heavy atom. The van der Waals surface area contributed by atoms with Gasteiger partial charge in [0.2, 0.25) is 0 Å². The van der Waals surface area contributed by atoms with Crippen LogP contribution >= 0.6 is 23.2 Å². The maximum absolute atomic E-state index is 11.0. The Kier molecular flexibility index (Phi) is 8.82. The molecular formula is C11H14Cl2N2O5. The lowest BCUT2D eigenvalue weighted by Gasteiger charge is -2.12. The summed E-state index contributed by atoms with van der Waals surface area (Å²) in [5.74, 6) is -0.612. The molecule has 0 spiro atoms. The van der Waals surface area contributed by atoms with Crippen LogP contribution in [0.1, 0.15) is 11.7 Å². The van der Waals surface area contributed by atoms with Crippen LogP contribution in [0.3, 0.4) is 0 Å². The molecule has 0 heterocycles. The van der Waals surface area contributed by atoms with Gasteiger partial charge in [0.15, 0.2) is 4.84 Å². The number of nitro groups is 1. The van der Waals surface area contributed by atoms with Gasteiger partial charge in [0.05, 0.1) is 11.0 Å². The zero-order chi connectivity index (χ0) is 15.7. The third kappa shape index (κ3) is 6.16. The minimum absolute atomic E-state index is 0.0726. The van der Waals surface area contributed by atoms with Gasteiger partial charge in [-0.1, -0.05) is 23.2 Å². The van der Waals surface area contributed by atoms with Gasteiger partial charge >= 0.3 is 0 Å². The van der Waals surface area contributed by atoms with Gasteiger partial charge in [-0.15, -0.1) is 0 Å². The fourth-order valence-electron chi connectivity index (χ4n) is 1.21. The molecule has 7 nitrogen and oxygen atoms in total. The number of nitrogens with zero attached hydrogens (tertiary/aromatic N) is 1. The van der Waals surface area contributed by atoms with Gasteiger partial charge in [-0.2, -0.15) is 0 Å². The van der Waals surface area contributed by atoms with E-state index in [1.807, 2.05) is 0 Å². The first-order valence-corrected chi connectivity index (χ1v) is 6.22. The van der Waals surface area contributed by atoms with Crippen molar-refractivity contribution >= 4 is 34.8 Å². The number of halogens is 2. The molecule has 3 N–H and O–H groups in total. The van der Waals surface area contributed by atoms with Crippen molar-refractivity contribution in [2.45, 2.75) is 10.9 Å². The molecule has 20 heavy (non-hydrogen) atoms. The summed E-state index contributed by atoms with van der Waals surface area (Å²) in [6, 6.07) is 5.36. The zero-order valence-corrected chi connectivity index (χ0v) is 12.0. The van der Waals surface area contributed by atoms with E-state index in [4.69, 9.17) is 28.3 Å². The molecule has 0 fully saturated rings. The second-order valence-corrected chi connectivity index (χ2v) is 4.51. The Morgan fingerprint density at radius 1 is 1.35 bits per heavy atom. The molecule has 1 rings (SSSR count). The zero-order valence-electron chi connectivity index (χ0n) is 10.5. The third-order valence-electron chi connectivity index (χ3n) is 2.16. The summed E-state index contributed by atoms with van der Waals surface area (Å²) < 4.78 is 0. The van der Waals surface area contributed by atoms with Crippen LogP contribution in [0, 0.1) is 10.1 Å². The van der Waals surface area contributed by atoms with E-state index >= 15 is 0 Å². The quantitative estimate of drug-likeness (QED) is 0.427. The van der Waals surface area contributed by atoms with Crippen molar-refractivity contribution in [3.8, 4) is 0 Å². The number of nitrogens with one attached hydrogen (secondary N) is 1. The molecule has 0 saturated heterocycles. The fraction of sp³-hybridized carbons (Fsp3) is 0.364. The molecule has 1 aromatic rings. The van der Waals surface area contributed by atoms with E-state index in [1.165, 1.54) is 24.3 Å². The number of benzene rings is 1. The molecular weight excluding hydrogens is 311 g/mol. The molecule has 0 saturated carbocycles. The number of hydrogen-bond acceptors (Lipinski definition) is 5.